The molecule has 0 aromatic heterocycles. The lowest BCUT2D eigenvalue weighted by molar-refractivity contribution is 0.0443. The van der Waals surface area contributed by atoms with E-state index in [-0.39, 0.29) is 17.6 Å². The maximum absolute atomic E-state index is 13.3. The normalized spacial score (nSPS) is 27.0. The van der Waals surface area contributed by atoms with Crippen LogP contribution in [0.5, 0.6) is 0 Å². The van der Waals surface area contributed by atoms with E-state index in [4.69, 9.17) is 0 Å². The third-order valence-electron chi connectivity index (χ3n) is 6.08. The van der Waals surface area contributed by atoms with Gasteiger partial charge in [0.2, 0.25) is 5.79 Å². The number of hydrogen-bond acceptors (Lipinski definition) is 4. The highest BCUT2D eigenvalue weighted by atomic mass is 16.2. The Balaban J connectivity index is 1.80. The van der Waals surface area contributed by atoms with Crippen LogP contribution >= 0.6 is 0 Å². The summed E-state index contributed by atoms with van der Waals surface area (Å²) in [7, 11) is 3.99. The Hall–Kier alpha value is -2.82. The zero-order valence-corrected chi connectivity index (χ0v) is 14.3. The highest BCUT2D eigenvalue weighted by Crippen LogP contribution is 2.52. The van der Waals surface area contributed by atoms with Crippen LogP contribution in [-0.2, 0) is 0 Å². The molecule has 2 unspecified atom stereocenters. The number of nitrogens with zero attached hydrogens (tertiary/aromatic N) is 3. The van der Waals surface area contributed by atoms with E-state index in [1.165, 1.54) is 0 Å². The molecule has 5 rings (SSSR count). The van der Waals surface area contributed by atoms with Gasteiger partial charge in [-0.3, -0.25) is 14.5 Å². The molecular weight excluding hydrogens is 314 g/mol. The standard InChI is InChI=1S/C20H19N3O2/c1-21-16-9-5-3-7-13(16)18(24)15-11-12-23-19(25)14-8-4-6-10-17(14)22(2)20(15,21)23/h3-10,15H,11-12H2,1-2H3. The van der Waals surface area contributed by atoms with E-state index in [1.807, 2.05) is 67.5 Å². The fourth-order valence-electron chi connectivity index (χ4n) is 5.03. The molecule has 5 nitrogen and oxygen atoms in total. The molecule has 2 aromatic rings. The number of rotatable bonds is 0. The van der Waals surface area contributed by atoms with Gasteiger partial charge in [0.1, 0.15) is 0 Å². The Bertz CT molecular complexity index is 847. The van der Waals surface area contributed by atoms with Crippen molar-refractivity contribution in [1.82, 2.24) is 4.90 Å². The van der Waals surface area contributed by atoms with Gasteiger partial charge in [0.15, 0.2) is 5.78 Å². The van der Waals surface area contributed by atoms with Crippen molar-refractivity contribution in [2.75, 3.05) is 30.4 Å². The number of amides is 1. The Morgan fingerprint density at radius 3 is 2.12 bits per heavy atom. The monoisotopic (exact) mass is 333 g/mol. The molecule has 2 atom stereocenters. The molecular formula is C20H19N3O2. The van der Waals surface area contributed by atoms with Crippen LogP contribution in [0.25, 0.3) is 0 Å². The summed E-state index contributed by atoms with van der Waals surface area (Å²) in [5, 5.41) is 0. The Morgan fingerprint density at radius 2 is 1.44 bits per heavy atom. The fourth-order valence-corrected chi connectivity index (χ4v) is 5.03. The molecule has 1 amide bonds. The molecule has 3 heterocycles. The average Bonchev–Trinajstić information content (AvgIpc) is 3.07. The zero-order valence-electron chi connectivity index (χ0n) is 14.3. The predicted octanol–water partition coefficient (Wildman–Crippen LogP) is 2.59. The van der Waals surface area contributed by atoms with Gasteiger partial charge in [0.25, 0.3) is 5.91 Å². The number of benzene rings is 2. The second-order valence-corrected chi connectivity index (χ2v) is 7.00. The number of anilines is 2. The number of hydrogen-bond donors (Lipinski definition) is 0. The van der Waals surface area contributed by atoms with Gasteiger partial charge in [0.05, 0.1) is 22.9 Å². The second-order valence-electron chi connectivity index (χ2n) is 7.00. The minimum absolute atomic E-state index is 0.00947. The lowest BCUT2D eigenvalue weighted by Crippen LogP contribution is -2.74. The van der Waals surface area contributed by atoms with Crippen LogP contribution in [0.4, 0.5) is 11.4 Å². The van der Waals surface area contributed by atoms with Crippen LogP contribution in [0.15, 0.2) is 48.5 Å². The molecule has 0 radical (unpaired) electrons. The smallest absolute Gasteiger partial charge is 0.259 e. The molecule has 1 spiro atoms. The van der Waals surface area contributed by atoms with Gasteiger partial charge in [-0.1, -0.05) is 24.3 Å². The maximum Gasteiger partial charge on any atom is 0.259 e. The van der Waals surface area contributed by atoms with Gasteiger partial charge in [-0.25, -0.2) is 0 Å². The van der Waals surface area contributed by atoms with Crippen LogP contribution in [0.1, 0.15) is 27.1 Å². The molecule has 0 bridgehead atoms. The molecule has 126 valence electrons. The van der Waals surface area contributed by atoms with Crippen LogP contribution in [0.3, 0.4) is 0 Å². The van der Waals surface area contributed by atoms with Gasteiger partial charge in [0, 0.05) is 26.2 Å². The summed E-state index contributed by atoms with van der Waals surface area (Å²) >= 11 is 0. The van der Waals surface area contributed by atoms with E-state index in [0.717, 1.165) is 16.9 Å². The first-order chi connectivity index (χ1) is 12.1. The van der Waals surface area contributed by atoms with Crippen LogP contribution in [0.2, 0.25) is 0 Å². The van der Waals surface area contributed by atoms with Crippen molar-refractivity contribution < 1.29 is 9.59 Å². The lowest BCUT2D eigenvalue weighted by atomic mass is 9.82. The SMILES string of the molecule is CN1c2ccccc2C(=O)C2CCN3C(=O)c4ccccc4N(C)C231. The third kappa shape index (κ3) is 1.50. The molecule has 1 fully saturated rings. The first kappa shape index (κ1) is 14.5. The van der Waals surface area contributed by atoms with Crippen LogP contribution in [0, 0.1) is 5.92 Å². The molecule has 0 aliphatic carbocycles. The average molecular weight is 333 g/mol. The Kier molecular flexibility index (Phi) is 2.69. The minimum Gasteiger partial charge on any atom is -0.333 e. The van der Waals surface area contributed by atoms with Gasteiger partial charge in [-0.15, -0.1) is 0 Å². The minimum atomic E-state index is -0.767. The van der Waals surface area contributed by atoms with Gasteiger partial charge < -0.3 is 9.80 Å². The van der Waals surface area contributed by atoms with Crippen molar-refractivity contribution in [2.24, 2.45) is 5.92 Å². The molecule has 0 saturated carbocycles. The quantitative estimate of drug-likeness (QED) is 0.743. The summed E-state index contributed by atoms with van der Waals surface area (Å²) in [6, 6.07) is 15.4. The number of ketones is 1. The van der Waals surface area contributed by atoms with Gasteiger partial charge in [-0.05, 0) is 30.7 Å². The number of carbonyl (C=O) groups is 2. The number of para-hydroxylation sites is 2. The van der Waals surface area contributed by atoms with Crippen molar-refractivity contribution in [2.45, 2.75) is 12.2 Å². The van der Waals surface area contributed by atoms with Crippen molar-refractivity contribution in [3.63, 3.8) is 0 Å². The summed E-state index contributed by atoms with van der Waals surface area (Å²) in [6.45, 7) is 0.590. The van der Waals surface area contributed by atoms with Gasteiger partial charge >= 0.3 is 0 Å². The van der Waals surface area contributed by atoms with E-state index < -0.39 is 5.79 Å². The number of fused-ring (bicyclic) bond motifs is 2. The molecule has 25 heavy (non-hydrogen) atoms. The van der Waals surface area contributed by atoms with Crippen LogP contribution < -0.4 is 9.80 Å². The second kappa shape index (κ2) is 4.63. The summed E-state index contributed by atoms with van der Waals surface area (Å²) in [4.78, 5) is 32.6. The Labute approximate surface area is 146 Å². The van der Waals surface area contributed by atoms with E-state index >= 15 is 0 Å². The molecule has 3 aliphatic heterocycles. The Morgan fingerprint density at radius 1 is 0.880 bits per heavy atom. The number of carbonyl (C=O) groups excluding carboxylic acids is 2. The largest absolute Gasteiger partial charge is 0.333 e. The van der Waals surface area contributed by atoms with Crippen molar-refractivity contribution in [3.05, 3.63) is 59.7 Å². The first-order valence-corrected chi connectivity index (χ1v) is 8.60. The van der Waals surface area contributed by atoms with E-state index in [2.05, 4.69) is 9.80 Å². The summed E-state index contributed by atoms with van der Waals surface area (Å²) in [6.07, 6.45) is 0.682. The maximum atomic E-state index is 13.3. The van der Waals surface area contributed by atoms with E-state index in [9.17, 15) is 9.59 Å². The highest BCUT2D eigenvalue weighted by Gasteiger charge is 2.64. The summed E-state index contributed by atoms with van der Waals surface area (Å²) in [5.74, 6) is -0.878. The molecule has 1 saturated heterocycles. The molecule has 3 aliphatic rings. The van der Waals surface area contributed by atoms with Crippen molar-refractivity contribution in [3.8, 4) is 0 Å². The summed E-state index contributed by atoms with van der Waals surface area (Å²) in [5.41, 5.74) is 3.22. The first-order valence-electron chi connectivity index (χ1n) is 8.60. The zero-order chi connectivity index (χ0) is 17.3. The molecule has 5 heteroatoms. The molecule has 0 N–H and O–H groups in total. The third-order valence-corrected chi connectivity index (χ3v) is 6.08. The fraction of sp³-hybridized carbons (Fsp3) is 0.300. The predicted molar refractivity (Wildman–Crippen MR) is 95.9 cm³/mol. The van der Waals surface area contributed by atoms with E-state index in [0.29, 0.717) is 18.5 Å². The highest BCUT2D eigenvalue weighted by molar-refractivity contribution is 6.10. The number of Topliss-reactive ketones (excluding diaryl/α,β-unsaturated/α-hetero) is 1. The topological polar surface area (TPSA) is 43.9 Å². The van der Waals surface area contributed by atoms with Crippen LogP contribution in [-0.4, -0.2) is 43.0 Å². The van der Waals surface area contributed by atoms with Crippen molar-refractivity contribution in [1.29, 1.82) is 0 Å². The summed E-state index contributed by atoms with van der Waals surface area (Å²) < 4.78 is 0. The van der Waals surface area contributed by atoms with Crippen molar-refractivity contribution >= 4 is 23.1 Å². The molecule has 2 aromatic carbocycles. The van der Waals surface area contributed by atoms with Gasteiger partial charge in [-0.2, -0.15) is 0 Å². The lowest BCUT2D eigenvalue weighted by Gasteiger charge is -2.58. The van der Waals surface area contributed by atoms with E-state index in [1.54, 1.807) is 0 Å².